The number of aromatic nitrogens is 3. The highest BCUT2D eigenvalue weighted by Gasteiger charge is 2.18. The molecule has 2 heterocycles. The molecule has 2 aromatic heterocycles. The first-order chi connectivity index (χ1) is 12.1. The topological polar surface area (TPSA) is 60.1 Å². The monoisotopic (exact) mass is 338 g/mol. The number of unbranched alkanes of at least 4 members (excludes halogenated alkanes) is 1. The van der Waals surface area contributed by atoms with E-state index in [2.05, 4.69) is 16.8 Å². The zero-order chi connectivity index (χ0) is 18.0. The Morgan fingerprint density at radius 3 is 2.44 bits per heavy atom. The van der Waals surface area contributed by atoms with Gasteiger partial charge in [0.1, 0.15) is 5.39 Å². The van der Waals surface area contributed by atoms with E-state index in [-0.39, 0.29) is 11.2 Å². The van der Waals surface area contributed by atoms with Gasteiger partial charge in [-0.15, -0.1) is 0 Å². The second kappa shape index (κ2) is 6.93. The first-order valence-corrected chi connectivity index (χ1v) is 8.43. The van der Waals surface area contributed by atoms with Crippen LogP contribution in [0.2, 0.25) is 0 Å². The number of nitrogens with zero attached hydrogens (tertiary/aromatic N) is 4. The van der Waals surface area contributed by atoms with Crippen LogP contribution < -0.4 is 16.1 Å². The predicted molar refractivity (Wildman–Crippen MR) is 101 cm³/mol. The molecule has 0 radical (unpaired) electrons. The van der Waals surface area contributed by atoms with Crippen LogP contribution in [-0.4, -0.2) is 20.7 Å². The lowest BCUT2D eigenvalue weighted by Crippen LogP contribution is -2.38. The second-order valence-corrected chi connectivity index (χ2v) is 6.08. The fourth-order valence-electron chi connectivity index (χ4n) is 3.01. The third-order valence-electron chi connectivity index (χ3n) is 4.41. The average Bonchev–Trinajstić information content (AvgIpc) is 2.65. The van der Waals surface area contributed by atoms with Crippen LogP contribution in [0.15, 0.2) is 52.2 Å². The molecule has 0 amide bonds. The first kappa shape index (κ1) is 17.0. The van der Waals surface area contributed by atoms with Crippen LogP contribution in [0, 0.1) is 0 Å². The normalized spacial score (nSPS) is 11.0. The van der Waals surface area contributed by atoms with Crippen LogP contribution >= 0.6 is 0 Å². The summed E-state index contributed by atoms with van der Waals surface area (Å²) in [6.07, 6.45) is 3.69. The molecule has 0 aliphatic carbocycles. The van der Waals surface area contributed by atoms with Crippen LogP contribution in [0.25, 0.3) is 11.0 Å². The van der Waals surface area contributed by atoms with Gasteiger partial charge in [-0.05, 0) is 24.6 Å². The van der Waals surface area contributed by atoms with Crippen molar-refractivity contribution in [3.63, 3.8) is 0 Å². The number of aryl methyl sites for hydroxylation is 1. The lowest BCUT2D eigenvalue weighted by Gasteiger charge is -2.26. The summed E-state index contributed by atoms with van der Waals surface area (Å²) in [6, 6.07) is 11.8. The van der Waals surface area contributed by atoms with Gasteiger partial charge in [-0.3, -0.25) is 13.9 Å². The summed E-state index contributed by atoms with van der Waals surface area (Å²) in [5.74, 6) is 0. The largest absolute Gasteiger partial charge is 0.341 e. The van der Waals surface area contributed by atoms with E-state index < -0.39 is 0 Å². The summed E-state index contributed by atoms with van der Waals surface area (Å²) in [7, 11) is 3.14. The number of benzene rings is 1. The molecular formula is C19H22N4O2. The van der Waals surface area contributed by atoms with Crippen LogP contribution in [0.5, 0.6) is 0 Å². The molecule has 0 saturated heterocycles. The van der Waals surface area contributed by atoms with Crippen molar-refractivity contribution < 1.29 is 0 Å². The van der Waals surface area contributed by atoms with Crippen molar-refractivity contribution in [2.75, 3.05) is 11.4 Å². The van der Waals surface area contributed by atoms with Crippen LogP contribution in [0.4, 0.5) is 11.4 Å². The fraction of sp³-hybridized carbons (Fsp3) is 0.316. The van der Waals surface area contributed by atoms with E-state index in [0.29, 0.717) is 11.0 Å². The molecule has 0 atom stereocenters. The highest BCUT2D eigenvalue weighted by molar-refractivity contribution is 5.91. The standard InChI is InChI=1S/C19H22N4O2/c1-4-5-13-23(14-9-7-6-8-10-14)15-11-12-20-17-16(15)18(24)22(3)19(25)21(17)2/h6-12H,4-5,13H2,1-3H3. The predicted octanol–water partition coefficient (Wildman–Crippen LogP) is 2.57. The molecule has 0 fully saturated rings. The quantitative estimate of drug-likeness (QED) is 0.717. The maximum atomic E-state index is 12.8. The lowest BCUT2D eigenvalue weighted by atomic mass is 10.2. The summed E-state index contributed by atoms with van der Waals surface area (Å²) in [5, 5.41) is 0.465. The number of hydrogen-bond donors (Lipinski definition) is 0. The molecule has 6 heteroatoms. The van der Waals surface area contributed by atoms with E-state index in [1.54, 1.807) is 13.2 Å². The van der Waals surface area contributed by atoms with Crippen molar-refractivity contribution in [3.05, 3.63) is 63.4 Å². The van der Waals surface area contributed by atoms with Gasteiger partial charge in [0, 0.05) is 32.5 Å². The third-order valence-corrected chi connectivity index (χ3v) is 4.41. The van der Waals surface area contributed by atoms with Crippen molar-refractivity contribution in [1.82, 2.24) is 14.1 Å². The van der Waals surface area contributed by atoms with E-state index in [4.69, 9.17) is 0 Å². The molecule has 0 saturated carbocycles. The van der Waals surface area contributed by atoms with Gasteiger partial charge < -0.3 is 4.90 Å². The minimum Gasteiger partial charge on any atom is -0.341 e. The number of para-hydroxylation sites is 1. The summed E-state index contributed by atoms with van der Waals surface area (Å²) < 4.78 is 2.56. The van der Waals surface area contributed by atoms with Crippen LogP contribution in [-0.2, 0) is 14.1 Å². The number of rotatable bonds is 5. The van der Waals surface area contributed by atoms with E-state index in [1.165, 1.54) is 11.6 Å². The molecule has 6 nitrogen and oxygen atoms in total. The molecule has 0 bridgehead atoms. The number of anilines is 2. The molecule has 0 aliphatic rings. The van der Waals surface area contributed by atoms with Crippen molar-refractivity contribution in [2.24, 2.45) is 14.1 Å². The summed E-state index contributed by atoms with van der Waals surface area (Å²) in [5.41, 5.74) is 1.50. The molecule has 25 heavy (non-hydrogen) atoms. The van der Waals surface area contributed by atoms with Gasteiger partial charge in [0.15, 0.2) is 5.65 Å². The van der Waals surface area contributed by atoms with Gasteiger partial charge in [-0.25, -0.2) is 9.78 Å². The zero-order valence-corrected chi connectivity index (χ0v) is 14.8. The number of fused-ring (bicyclic) bond motifs is 1. The lowest BCUT2D eigenvalue weighted by molar-refractivity contribution is 0.706. The summed E-state index contributed by atoms with van der Waals surface area (Å²) >= 11 is 0. The van der Waals surface area contributed by atoms with Crippen molar-refractivity contribution in [1.29, 1.82) is 0 Å². The van der Waals surface area contributed by atoms with Gasteiger partial charge in [-0.2, -0.15) is 0 Å². The average molecular weight is 338 g/mol. The minimum atomic E-state index is -0.373. The Bertz CT molecular complexity index is 1010. The fourth-order valence-corrected chi connectivity index (χ4v) is 3.01. The van der Waals surface area contributed by atoms with Gasteiger partial charge in [0.25, 0.3) is 5.56 Å². The summed E-state index contributed by atoms with van der Waals surface area (Å²) in [6.45, 7) is 2.92. The SMILES string of the molecule is CCCCN(c1ccccc1)c1ccnc2c1c(=O)n(C)c(=O)n2C. The summed E-state index contributed by atoms with van der Waals surface area (Å²) in [4.78, 5) is 31.4. The second-order valence-electron chi connectivity index (χ2n) is 6.08. The van der Waals surface area contributed by atoms with Gasteiger partial charge in [0.2, 0.25) is 0 Å². The van der Waals surface area contributed by atoms with Gasteiger partial charge in [0.05, 0.1) is 5.69 Å². The van der Waals surface area contributed by atoms with Gasteiger partial charge in [-0.1, -0.05) is 31.5 Å². The third kappa shape index (κ3) is 2.95. The Balaban J connectivity index is 2.32. The van der Waals surface area contributed by atoms with E-state index in [9.17, 15) is 9.59 Å². The Morgan fingerprint density at radius 1 is 1.04 bits per heavy atom. The number of hydrogen-bond acceptors (Lipinski definition) is 4. The van der Waals surface area contributed by atoms with Crippen molar-refractivity contribution in [3.8, 4) is 0 Å². The molecule has 0 unspecified atom stereocenters. The Hall–Kier alpha value is -2.89. The maximum absolute atomic E-state index is 12.8. The van der Waals surface area contributed by atoms with E-state index in [0.717, 1.165) is 35.3 Å². The zero-order valence-electron chi connectivity index (χ0n) is 14.8. The maximum Gasteiger partial charge on any atom is 0.332 e. The van der Waals surface area contributed by atoms with E-state index >= 15 is 0 Å². The van der Waals surface area contributed by atoms with Crippen LogP contribution in [0.1, 0.15) is 19.8 Å². The Labute approximate surface area is 146 Å². The van der Waals surface area contributed by atoms with Crippen molar-refractivity contribution in [2.45, 2.75) is 19.8 Å². The Kier molecular flexibility index (Phi) is 4.70. The molecule has 0 N–H and O–H groups in total. The minimum absolute atomic E-state index is 0.321. The first-order valence-electron chi connectivity index (χ1n) is 8.43. The van der Waals surface area contributed by atoms with Gasteiger partial charge >= 0.3 is 5.69 Å². The molecule has 0 spiro atoms. The molecule has 1 aromatic carbocycles. The number of pyridine rings is 1. The molecule has 3 rings (SSSR count). The smallest absolute Gasteiger partial charge is 0.332 e. The molecule has 3 aromatic rings. The van der Waals surface area contributed by atoms with E-state index in [1.807, 2.05) is 36.4 Å². The molecule has 0 aliphatic heterocycles. The highest BCUT2D eigenvalue weighted by atomic mass is 16.2. The Morgan fingerprint density at radius 2 is 1.76 bits per heavy atom. The van der Waals surface area contributed by atoms with Crippen molar-refractivity contribution >= 4 is 22.4 Å². The van der Waals surface area contributed by atoms with Crippen LogP contribution in [0.3, 0.4) is 0 Å². The molecule has 130 valence electrons. The highest BCUT2D eigenvalue weighted by Crippen LogP contribution is 2.29. The molecular weight excluding hydrogens is 316 g/mol.